The number of anilines is 3. The fraction of sp³-hybridized carbons (Fsp3) is 0.200. The monoisotopic (exact) mass is 256 g/mol. The topological polar surface area (TPSA) is 47.7 Å². The number of ether oxygens (including phenoxy) is 2. The van der Waals surface area contributed by atoms with Crippen LogP contribution in [0.15, 0.2) is 42.5 Å². The summed E-state index contributed by atoms with van der Waals surface area (Å²) in [4.78, 5) is 2.08. The first-order valence-corrected chi connectivity index (χ1v) is 6.23. The van der Waals surface area contributed by atoms with Gasteiger partial charge in [-0.15, -0.1) is 0 Å². The van der Waals surface area contributed by atoms with Gasteiger partial charge in [-0.2, -0.15) is 0 Å². The molecule has 0 amide bonds. The minimum Gasteiger partial charge on any atom is -0.486 e. The molecule has 0 saturated carbocycles. The van der Waals surface area contributed by atoms with Crippen molar-refractivity contribution in [2.75, 3.05) is 30.9 Å². The molecule has 2 aromatic rings. The summed E-state index contributed by atoms with van der Waals surface area (Å²) in [6, 6.07) is 13.7. The summed E-state index contributed by atoms with van der Waals surface area (Å²) in [5.74, 6) is 1.60. The van der Waals surface area contributed by atoms with Crippen molar-refractivity contribution in [2.45, 2.75) is 0 Å². The van der Waals surface area contributed by atoms with Gasteiger partial charge in [-0.25, -0.2) is 0 Å². The van der Waals surface area contributed by atoms with Crippen LogP contribution in [-0.2, 0) is 0 Å². The van der Waals surface area contributed by atoms with Crippen LogP contribution in [0.1, 0.15) is 0 Å². The minimum absolute atomic E-state index is 0.599. The fourth-order valence-corrected chi connectivity index (χ4v) is 2.09. The van der Waals surface area contributed by atoms with Gasteiger partial charge >= 0.3 is 0 Å². The van der Waals surface area contributed by atoms with Gasteiger partial charge in [0.05, 0.1) is 0 Å². The molecule has 0 fully saturated rings. The Hall–Kier alpha value is -2.36. The van der Waals surface area contributed by atoms with Crippen LogP contribution < -0.4 is 20.1 Å². The van der Waals surface area contributed by atoms with Crippen LogP contribution >= 0.6 is 0 Å². The molecular weight excluding hydrogens is 240 g/mol. The summed E-state index contributed by atoms with van der Waals surface area (Å²) >= 11 is 0. The Bertz CT molecular complexity index is 581. The molecule has 0 aromatic heterocycles. The van der Waals surface area contributed by atoms with Gasteiger partial charge in [0, 0.05) is 30.2 Å². The van der Waals surface area contributed by atoms with Crippen molar-refractivity contribution in [3.63, 3.8) is 0 Å². The third-order valence-electron chi connectivity index (χ3n) is 3.19. The molecule has 1 heterocycles. The van der Waals surface area contributed by atoms with E-state index in [0.717, 1.165) is 28.6 Å². The van der Waals surface area contributed by atoms with Crippen LogP contribution in [0.4, 0.5) is 17.1 Å². The third-order valence-corrected chi connectivity index (χ3v) is 3.19. The van der Waals surface area contributed by atoms with Gasteiger partial charge in [-0.05, 0) is 36.4 Å². The number of hydrogen-bond acceptors (Lipinski definition) is 4. The third kappa shape index (κ3) is 2.29. The van der Waals surface area contributed by atoms with Gasteiger partial charge in [0.1, 0.15) is 13.2 Å². The van der Waals surface area contributed by atoms with E-state index in [2.05, 4.69) is 4.90 Å². The standard InChI is InChI=1S/C15H16N2O2/c1-17(12-4-2-11(16)3-5-12)13-6-7-14-15(10-13)19-9-8-18-14/h2-7,10H,8-9,16H2,1H3. The Morgan fingerprint density at radius 2 is 1.53 bits per heavy atom. The minimum atomic E-state index is 0.599. The van der Waals surface area contributed by atoms with E-state index >= 15 is 0 Å². The van der Waals surface area contributed by atoms with Gasteiger partial charge < -0.3 is 20.1 Å². The Morgan fingerprint density at radius 3 is 2.26 bits per heavy atom. The molecule has 3 rings (SSSR count). The molecule has 4 heteroatoms. The molecule has 2 aromatic carbocycles. The number of rotatable bonds is 2. The first-order valence-electron chi connectivity index (χ1n) is 6.23. The number of benzene rings is 2. The van der Waals surface area contributed by atoms with Crippen LogP contribution in [-0.4, -0.2) is 20.3 Å². The van der Waals surface area contributed by atoms with Crippen LogP contribution in [0.3, 0.4) is 0 Å². The first kappa shape index (κ1) is 11.7. The average Bonchev–Trinajstić information content (AvgIpc) is 2.47. The Labute approximate surface area is 112 Å². The lowest BCUT2D eigenvalue weighted by molar-refractivity contribution is 0.171. The average molecular weight is 256 g/mol. The van der Waals surface area contributed by atoms with E-state index in [0.29, 0.717) is 13.2 Å². The maximum atomic E-state index is 5.70. The van der Waals surface area contributed by atoms with Crippen molar-refractivity contribution in [1.29, 1.82) is 0 Å². The normalized spacial score (nSPS) is 13.1. The smallest absolute Gasteiger partial charge is 0.163 e. The van der Waals surface area contributed by atoms with Crippen molar-refractivity contribution in [1.82, 2.24) is 0 Å². The van der Waals surface area contributed by atoms with E-state index in [9.17, 15) is 0 Å². The van der Waals surface area contributed by atoms with Gasteiger partial charge in [0.25, 0.3) is 0 Å². The predicted molar refractivity (Wildman–Crippen MR) is 76.3 cm³/mol. The van der Waals surface area contributed by atoms with Gasteiger partial charge in [-0.1, -0.05) is 0 Å². The molecule has 0 saturated heterocycles. The molecule has 0 atom stereocenters. The summed E-state index contributed by atoms with van der Waals surface area (Å²) in [5, 5.41) is 0. The lowest BCUT2D eigenvalue weighted by Crippen LogP contribution is -2.16. The maximum Gasteiger partial charge on any atom is 0.163 e. The van der Waals surface area contributed by atoms with Crippen LogP contribution in [0.2, 0.25) is 0 Å². The highest BCUT2D eigenvalue weighted by atomic mass is 16.6. The molecule has 98 valence electrons. The molecule has 0 radical (unpaired) electrons. The van der Waals surface area contributed by atoms with Gasteiger partial charge in [-0.3, -0.25) is 0 Å². The molecule has 1 aliphatic heterocycles. The zero-order valence-electron chi connectivity index (χ0n) is 10.8. The molecule has 4 nitrogen and oxygen atoms in total. The van der Waals surface area contributed by atoms with Crippen molar-refractivity contribution in [3.8, 4) is 11.5 Å². The number of hydrogen-bond donors (Lipinski definition) is 1. The van der Waals surface area contributed by atoms with E-state index in [1.807, 2.05) is 49.5 Å². The molecule has 1 aliphatic rings. The van der Waals surface area contributed by atoms with E-state index in [1.165, 1.54) is 0 Å². The zero-order chi connectivity index (χ0) is 13.2. The molecule has 19 heavy (non-hydrogen) atoms. The number of nitrogen functional groups attached to an aromatic ring is 1. The molecule has 2 N–H and O–H groups in total. The first-order chi connectivity index (χ1) is 9.24. The SMILES string of the molecule is CN(c1ccc(N)cc1)c1ccc2c(c1)OCCO2. The van der Waals surface area contributed by atoms with Crippen LogP contribution in [0, 0.1) is 0 Å². The van der Waals surface area contributed by atoms with Crippen molar-refractivity contribution < 1.29 is 9.47 Å². The van der Waals surface area contributed by atoms with Crippen molar-refractivity contribution in [2.24, 2.45) is 0 Å². The van der Waals surface area contributed by atoms with Crippen molar-refractivity contribution in [3.05, 3.63) is 42.5 Å². The summed E-state index contributed by atoms with van der Waals surface area (Å²) < 4.78 is 11.1. The Morgan fingerprint density at radius 1 is 0.895 bits per heavy atom. The molecule has 0 unspecified atom stereocenters. The van der Waals surface area contributed by atoms with E-state index in [4.69, 9.17) is 15.2 Å². The second-order valence-electron chi connectivity index (χ2n) is 4.48. The Kier molecular flexibility index (Phi) is 2.91. The second-order valence-corrected chi connectivity index (χ2v) is 4.48. The van der Waals surface area contributed by atoms with Gasteiger partial charge in [0.2, 0.25) is 0 Å². The molecule has 0 aliphatic carbocycles. The highest BCUT2D eigenvalue weighted by molar-refractivity contribution is 5.67. The van der Waals surface area contributed by atoms with E-state index in [-0.39, 0.29) is 0 Å². The lowest BCUT2D eigenvalue weighted by Gasteiger charge is -2.23. The lowest BCUT2D eigenvalue weighted by atomic mass is 10.2. The quantitative estimate of drug-likeness (QED) is 0.839. The highest BCUT2D eigenvalue weighted by Gasteiger charge is 2.13. The number of nitrogens with zero attached hydrogens (tertiary/aromatic N) is 1. The Balaban J connectivity index is 1.91. The van der Waals surface area contributed by atoms with Gasteiger partial charge in [0.15, 0.2) is 11.5 Å². The highest BCUT2D eigenvalue weighted by Crippen LogP contribution is 2.35. The van der Waals surface area contributed by atoms with E-state index in [1.54, 1.807) is 0 Å². The summed E-state index contributed by atoms with van der Waals surface area (Å²) in [7, 11) is 2.01. The summed E-state index contributed by atoms with van der Waals surface area (Å²) in [5.41, 5.74) is 8.59. The van der Waals surface area contributed by atoms with E-state index < -0.39 is 0 Å². The largest absolute Gasteiger partial charge is 0.486 e. The molecule has 0 bridgehead atoms. The van der Waals surface area contributed by atoms with Crippen LogP contribution in [0.5, 0.6) is 11.5 Å². The number of fused-ring (bicyclic) bond motifs is 1. The van der Waals surface area contributed by atoms with Crippen molar-refractivity contribution >= 4 is 17.1 Å². The predicted octanol–water partition coefficient (Wildman–Crippen LogP) is 2.81. The maximum absolute atomic E-state index is 5.70. The number of nitrogens with two attached hydrogens (primary N) is 1. The second kappa shape index (κ2) is 4.72. The summed E-state index contributed by atoms with van der Waals surface area (Å²) in [6.07, 6.45) is 0. The fourth-order valence-electron chi connectivity index (χ4n) is 2.09. The molecular formula is C15H16N2O2. The molecule has 0 spiro atoms. The summed E-state index contributed by atoms with van der Waals surface area (Å²) in [6.45, 7) is 1.21. The van der Waals surface area contributed by atoms with Crippen LogP contribution in [0.25, 0.3) is 0 Å². The zero-order valence-corrected chi connectivity index (χ0v) is 10.8.